The predicted molar refractivity (Wildman–Crippen MR) is 53.6 cm³/mol. The summed E-state index contributed by atoms with van der Waals surface area (Å²) in [6.07, 6.45) is 6.44. The predicted octanol–water partition coefficient (Wildman–Crippen LogP) is 2.32. The lowest BCUT2D eigenvalue weighted by atomic mass is 10.3. The molecule has 0 aliphatic rings. The Balaban J connectivity index is 2.96. The molecule has 3 nitrogen and oxygen atoms in total. The molecule has 0 amide bonds. The van der Waals surface area contributed by atoms with Crippen LogP contribution in [-0.4, -0.2) is 12.7 Å². The Labute approximate surface area is 86.4 Å². The average Bonchev–Trinajstić information content (AvgIpc) is 2.19. The second kappa shape index (κ2) is 5.08. The molecular formula is C10H6ClNO2. The summed E-state index contributed by atoms with van der Waals surface area (Å²) in [6.45, 7) is 0.119. The maximum Gasteiger partial charge on any atom is 0.240 e. The number of benzene rings is 1. The third-order valence-corrected chi connectivity index (χ3v) is 1.71. The first-order chi connectivity index (χ1) is 6.77. The highest BCUT2D eigenvalue weighted by Crippen LogP contribution is 2.28. The molecule has 0 aromatic heterocycles. The van der Waals surface area contributed by atoms with Gasteiger partial charge in [0, 0.05) is 6.07 Å². The summed E-state index contributed by atoms with van der Waals surface area (Å²) >= 11 is 5.80. The molecule has 0 atom stereocenters. The average molecular weight is 208 g/mol. The van der Waals surface area contributed by atoms with Crippen molar-refractivity contribution < 1.29 is 9.53 Å². The topological polar surface area (TPSA) is 38.7 Å². The number of ether oxygens (including phenoxy) is 1. The molecule has 70 valence electrons. The van der Waals surface area contributed by atoms with Crippen LogP contribution >= 0.6 is 11.6 Å². The zero-order valence-corrected chi connectivity index (χ0v) is 7.91. The van der Waals surface area contributed by atoms with E-state index in [1.54, 1.807) is 12.1 Å². The monoisotopic (exact) mass is 207 g/mol. The Morgan fingerprint density at radius 3 is 3.00 bits per heavy atom. The highest BCUT2D eigenvalue weighted by Gasteiger charge is 2.01. The van der Waals surface area contributed by atoms with Crippen molar-refractivity contribution in [2.45, 2.75) is 0 Å². The van der Waals surface area contributed by atoms with Gasteiger partial charge in [-0.2, -0.15) is 4.99 Å². The van der Waals surface area contributed by atoms with Gasteiger partial charge in [0.05, 0.1) is 10.7 Å². The normalized spacial score (nSPS) is 8.57. The molecule has 0 heterocycles. The van der Waals surface area contributed by atoms with Crippen LogP contribution in [0.3, 0.4) is 0 Å². The van der Waals surface area contributed by atoms with Gasteiger partial charge in [0.15, 0.2) is 0 Å². The SMILES string of the molecule is C#CCOc1cc(N=C=O)ccc1Cl. The van der Waals surface area contributed by atoms with Gasteiger partial charge in [-0.3, -0.25) is 0 Å². The van der Waals surface area contributed by atoms with E-state index in [1.807, 2.05) is 0 Å². The number of rotatable bonds is 3. The fourth-order valence-electron chi connectivity index (χ4n) is 0.844. The van der Waals surface area contributed by atoms with Crippen molar-refractivity contribution in [1.29, 1.82) is 0 Å². The van der Waals surface area contributed by atoms with Crippen molar-refractivity contribution in [3.8, 4) is 18.1 Å². The molecule has 0 aliphatic carbocycles. The van der Waals surface area contributed by atoms with Gasteiger partial charge in [-0.15, -0.1) is 6.42 Å². The van der Waals surface area contributed by atoms with Crippen LogP contribution in [0.25, 0.3) is 0 Å². The van der Waals surface area contributed by atoms with E-state index in [0.717, 1.165) is 0 Å². The fraction of sp³-hybridized carbons (Fsp3) is 0.100. The molecule has 0 saturated heterocycles. The summed E-state index contributed by atoms with van der Waals surface area (Å²) in [6, 6.07) is 4.67. The van der Waals surface area contributed by atoms with Crippen molar-refractivity contribution >= 4 is 23.4 Å². The molecule has 0 fully saturated rings. The van der Waals surface area contributed by atoms with Gasteiger partial charge in [0.1, 0.15) is 12.4 Å². The molecule has 0 unspecified atom stereocenters. The lowest BCUT2D eigenvalue weighted by Gasteiger charge is -2.04. The second-order valence-corrected chi connectivity index (χ2v) is 2.72. The lowest BCUT2D eigenvalue weighted by Crippen LogP contribution is -1.93. The Morgan fingerprint density at radius 2 is 2.36 bits per heavy atom. The molecule has 1 rings (SSSR count). The van der Waals surface area contributed by atoms with Crippen LogP contribution < -0.4 is 4.74 Å². The number of aliphatic imine (C=N–C) groups is 1. The molecule has 0 aliphatic heterocycles. The fourth-order valence-corrected chi connectivity index (χ4v) is 1.02. The number of nitrogens with zero attached hydrogens (tertiary/aromatic N) is 1. The summed E-state index contributed by atoms with van der Waals surface area (Å²) in [5.74, 6) is 2.71. The Kier molecular flexibility index (Phi) is 3.75. The first-order valence-corrected chi connectivity index (χ1v) is 4.09. The highest BCUT2D eigenvalue weighted by atomic mass is 35.5. The number of isocyanates is 1. The first kappa shape index (κ1) is 10.3. The van der Waals surface area contributed by atoms with E-state index in [1.165, 1.54) is 12.1 Å². The molecule has 14 heavy (non-hydrogen) atoms. The number of terminal acetylenes is 1. The number of carbonyl (C=O) groups excluding carboxylic acids is 1. The van der Waals surface area contributed by atoms with Gasteiger partial charge in [-0.05, 0) is 12.1 Å². The van der Waals surface area contributed by atoms with Crippen molar-refractivity contribution in [2.24, 2.45) is 4.99 Å². The minimum absolute atomic E-state index is 0.119. The standard InChI is InChI=1S/C10H6ClNO2/c1-2-5-14-10-6-8(12-7-13)3-4-9(10)11/h1,3-4,6H,5H2. The van der Waals surface area contributed by atoms with E-state index >= 15 is 0 Å². The van der Waals surface area contributed by atoms with Crippen molar-refractivity contribution in [3.05, 3.63) is 23.2 Å². The van der Waals surface area contributed by atoms with Gasteiger partial charge < -0.3 is 4.74 Å². The van der Waals surface area contributed by atoms with Crippen LogP contribution in [0.4, 0.5) is 5.69 Å². The van der Waals surface area contributed by atoms with Gasteiger partial charge >= 0.3 is 0 Å². The third kappa shape index (κ3) is 2.63. The van der Waals surface area contributed by atoms with E-state index in [2.05, 4.69) is 10.9 Å². The molecule has 1 aromatic carbocycles. The molecule has 4 heteroatoms. The minimum atomic E-state index is 0.119. The zero-order valence-electron chi connectivity index (χ0n) is 7.16. The number of hydrogen-bond acceptors (Lipinski definition) is 3. The van der Waals surface area contributed by atoms with Crippen LogP contribution in [0.1, 0.15) is 0 Å². The Bertz CT molecular complexity index is 417. The maximum absolute atomic E-state index is 9.99. The van der Waals surface area contributed by atoms with Crippen molar-refractivity contribution in [2.75, 3.05) is 6.61 Å². The summed E-state index contributed by atoms with van der Waals surface area (Å²) in [5, 5.41) is 0.421. The van der Waals surface area contributed by atoms with E-state index in [-0.39, 0.29) is 6.61 Å². The van der Waals surface area contributed by atoms with Crippen molar-refractivity contribution in [1.82, 2.24) is 0 Å². The number of hydrogen-bond donors (Lipinski definition) is 0. The van der Waals surface area contributed by atoms with Gasteiger partial charge in [-0.25, -0.2) is 4.79 Å². The first-order valence-electron chi connectivity index (χ1n) is 3.71. The molecular weight excluding hydrogens is 202 g/mol. The van der Waals surface area contributed by atoms with E-state index < -0.39 is 0 Å². The largest absolute Gasteiger partial charge is 0.479 e. The molecule has 1 aromatic rings. The summed E-state index contributed by atoms with van der Waals surface area (Å²) in [5.41, 5.74) is 0.427. The summed E-state index contributed by atoms with van der Waals surface area (Å²) < 4.78 is 5.12. The van der Waals surface area contributed by atoms with Crippen LogP contribution in [-0.2, 0) is 4.79 Å². The quantitative estimate of drug-likeness (QED) is 0.434. The smallest absolute Gasteiger partial charge is 0.240 e. The van der Waals surface area contributed by atoms with Crippen molar-refractivity contribution in [3.63, 3.8) is 0 Å². The molecule has 0 spiro atoms. The molecule has 0 radical (unpaired) electrons. The van der Waals surface area contributed by atoms with E-state index in [0.29, 0.717) is 16.5 Å². The van der Waals surface area contributed by atoms with Crippen LogP contribution in [0.2, 0.25) is 5.02 Å². The van der Waals surface area contributed by atoms with E-state index in [9.17, 15) is 4.79 Å². The van der Waals surface area contributed by atoms with Crippen LogP contribution in [0.5, 0.6) is 5.75 Å². The van der Waals surface area contributed by atoms with E-state index in [4.69, 9.17) is 22.8 Å². The van der Waals surface area contributed by atoms with Gasteiger partial charge in [-0.1, -0.05) is 17.5 Å². The Hall–Kier alpha value is -1.75. The second-order valence-electron chi connectivity index (χ2n) is 2.31. The maximum atomic E-state index is 9.99. The van der Waals surface area contributed by atoms with Gasteiger partial charge in [0.25, 0.3) is 0 Å². The minimum Gasteiger partial charge on any atom is -0.479 e. The third-order valence-electron chi connectivity index (χ3n) is 1.40. The lowest BCUT2D eigenvalue weighted by molar-refractivity contribution is 0.371. The van der Waals surface area contributed by atoms with Gasteiger partial charge in [0.2, 0.25) is 6.08 Å². The molecule has 0 bridgehead atoms. The molecule has 0 saturated carbocycles. The summed E-state index contributed by atoms with van der Waals surface area (Å²) in [4.78, 5) is 13.4. The Morgan fingerprint density at radius 1 is 1.57 bits per heavy atom. The molecule has 0 N–H and O–H groups in total. The highest BCUT2D eigenvalue weighted by molar-refractivity contribution is 6.32. The van der Waals surface area contributed by atoms with Crippen LogP contribution in [0, 0.1) is 12.3 Å². The zero-order chi connectivity index (χ0) is 10.4. The summed E-state index contributed by atoms with van der Waals surface area (Å²) in [7, 11) is 0. The number of halogens is 1. The van der Waals surface area contributed by atoms with Crippen LogP contribution in [0.15, 0.2) is 23.2 Å².